The molecule has 4 atom stereocenters. The molecule has 38 heavy (non-hydrogen) atoms. The highest BCUT2D eigenvalue weighted by Gasteiger charge is 2.32. The van der Waals surface area contributed by atoms with Gasteiger partial charge in [-0.1, -0.05) is 39.8 Å². The Labute approximate surface area is 222 Å². The van der Waals surface area contributed by atoms with Gasteiger partial charge in [-0.25, -0.2) is 4.79 Å². The average molecular weight is 536 g/mol. The fraction of sp³-hybridized carbons (Fsp3) is 0.560. The van der Waals surface area contributed by atoms with Crippen molar-refractivity contribution in [3.8, 4) is 5.75 Å². The van der Waals surface area contributed by atoms with Crippen LogP contribution in [0.4, 0.5) is 0 Å². The number of benzene rings is 1. The van der Waals surface area contributed by atoms with Gasteiger partial charge in [0.25, 0.3) is 0 Å². The zero-order valence-electron chi connectivity index (χ0n) is 22.3. The summed E-state index contributed by atoms with van der Waals surface area (Å²) in [4.78, 5) is 54.5. The molecule has 3 amide bonds. The van der Waals surface area contributed by atoms with Gasteiger partial charge in [-0.15, -0.1) is 0 Å². The lowest BCUT2D eigenvalue weighted by atomic mass is 10.00. The molecule has 1 rings (SSSR count). The first-order valence-electron chi connectivity index (χ1n) is 12.5. The third-order valence-corrected chi connectivity index (χ3v) is 5.84. The lowest BCUT2D eigenvalue weighted by Gasteiger charge is -2.27. The molecule has 0 spiro atoms. The largest absolute Gasteiger partial charge is 0.508 e. The summed E-state index contributed by atoms with van der Waals surface area (Å²) < 4.78 is 0. The van der Waals surface area contributed by atoms with Crippen LogP contribution in [0, 0.1) is 11.8 Å². The smallest absolute Gasteiger partial charge is 0.326 e. The van der Waals surface area contributed by atoms with E-state index < -0.39 is 53.8 Å². The number of guanidine groups is 1. The summed E-state index contributed by atoms with van der Waals surface area (Å²) in [5.41, 5.74) is 17.2. The number of hydrogen-bond acceptors (Lipinski definition) is 7. The maximum atomic E-state index is 13.2. The molecule has 1 aromatic carbocycles. The Kier molecular flexibility index (Phi) is 13.0. The van der Waals surface area contributed by atoms with Gasteiger partial charge in [0.1, 0.15) is 23.9 Å². The van der Waals surface area contributed by atoms with E-state index in [1.807, 2.05) is 0 Å². The van der Waals surface area contributed by atoms with Crippen LogP contribution < -0.4 is 33.2 Å². The van der Waals surface area contributed by atoms with E-state index >= 15 is 0 Å². The highest BCUT2D eigenvalue weighted by atomic mass is 16.4. The number of phenolic OH excluding ortho intramolecular Hbond substituents is 1. The van der Waals surface area contributed by atoms with Gasteiger partial charge in [-0.3, -0.25) is 19.4 Å². The number of carbonyl (C=O) groups is 4. The second-order valence-corrected chi connectivity index (χ2v) is 9.78. The topological polar surface area (TPSA) is 235 Å². The highest BCUT2D eigenvalue weighted by molar-refractivity contribution is 5.94. The molecule has 0 saturated heterocycles. The van der Waals surface area contributed by atoms with Crippen molar-refractivity contribution in [1.82, 2.24) is 16.0 Å². The fourth-order valence-corrected chi connectivity index (χ4v) is 3.46. The van der Waals surface area contributed by atoms with Gasteiger partial charge in [-0.2, -0.15) is 0 Å². The van der Waals surface area contributed by atoms with Gasteiger partial charge in [0, 0.05) is 13.0 Å². The van der Waals surface area contributed by atoms with Crippen molar-refractivity contribution < 1.29 is 29.4 Å². The first kappa shape index (κ1) is 32.2. The quantitative estimate of drug-likeness (QED) is 0.0793. The van der Waals surface area contributed by atoms with E-state index in [2.05, 4.69) is 20.9 Å². The van der Waals surface area contributed by atoms with E-state index in [0.717, 1.165) is 0 Å². The first-order chi connectivity index (χ1) is 17.7. The number of aliphatic imine (C=N–C) groups is 1. The number of phenols is 1. The average Bonchev–Trinajstić information content (AvgIpc) is 2.83. The number of aliphatic carboxylic acids is 1. The predicted octanol–water partition coefficient (Wildman–Crippen LogP) is -0.833. The molecule has 0 aliphatic rings. The minimum atomic E-state index is -1.27. The molecule has 0 aromatic heterocycles. The molecule has 212 valence electrons. The van der Waals surface area contributed by atoms with Gasteiger partial charge in [0.05, 0.1) is 6.04 Å². The van der Waals surface area contributed by atoms with E-state index in [9.17, 15) is 29.4 Å². The fourth-order valence-electron chi connectivity index (χ4n) is 3.46. The van der Waals surface area contributed by atoms with Crippen LogP contribution in [-0.4, -0.2) is 70.6 Å². The van der Waals surface area contributed by atoms with Crippen molar-refractivity contribution in [3.63, 3.8) is 0 Å². The van der Waals surface area contributed by atoms with Crippen molar-refractivity contribution in [3.05, 3.63) is 29.8 Å². The maximum Gasteiger partial charge on any atom is 0.326 e. The summed E-state index contributed by atoms with van der Waals surface area (Å²) in [5.74, 6) is -3.74. The lowest BCUT2D eigenvalue weighted by Crippen LogP contribution is -2.59. The summed E-state index contributed by atoms with van der Waals surface area (Å²) in [7, 11) is 0. The van der Waals surface area contributed by atoms with E-state index in [4.69, 9.17) is 17.2 Å². The number of carboxylic acid groups (broad SMARTS) is 1. The molecule has 0 saturated carbocycles. The highest BCUT2D eigenvalue weighted by Crippen LogP contribution is 2.12. The Morgan fingerprint density at radius 2 is 1.45 bits per heavy atom. The number of nitrogens with zero attached hydrogens (tertiary/aromatic N) is 1. The molecule has 4 unspecified atom stereocenters. The normalized spacial score (nSPS) is 14.2. The summed E-state index contributed by atoms with van der Waals surface area (Å²) in [5, 5.41) is 26.8. The molecule has 0 radical (unpaired) electrons. The molecule has 1 aromatic rings. The Bertz CT molecular complexity index is 977. The molecular formula is C25H41N7O6. The van der Waals surface area contributed by atoms with Crippen LogP contribution >= 0.6 is 0 Å². The van der Waals surface area contributed by atoms with Crippen molar-refractivity contribution in [2.45, 2.75) is 71.1 Å². The number of nitrogens with one attached hydrogen (secondary N) is 3. The van der Waals surface area contributed by atoms with Crippen LogP contribution in [0.15, 0.2) is 29.3 Å². The number of rotatable bonds is 15. The zero-order valence-corrected chi connectivity index (χ0v) is 22.3. The predicted molar refractivity (Wildman–Crippen MR) is 143 cm³/mol. The summed E-state index contributed by atoms with van der Waals surface area (Å²) in [6.45, 7) is 7.16. The van der Waals surface area contributed by atoms with Gasteiger partial charge < -0.3 is 43.4 Å². The van der Waals surface area contributed by atoms with Crippen LogP contribution in [0.3, 0.4) is 0 Å². The lowest BCUT2D eigenvalue weighted by molar-refractivity contribution is -0.142. The number of aromatic hydroxyl groups is 1. The molecule has 0 bridgehead atoms. The minimum Gasteiger partial charge on any atom is -0.508 e. The second kappa shape index (κ2) is 15.4. The second-order valence-electron chi connectivity index (χ2n) is 9.78. The van der Waals surface area contributed by atoms with Gasteiger partial charge in [0.15, 0.2) is 5.96 Å². The van der Waals surface area contributed by atoms with Crippen LogP contribution in [0.1, 0.15) is 46.1 Å². The summed E-state index contributed by atoms with van der Waals surface area (Å²) >= 11 is 0. The summed E-state index contributed by atoms with van der Waals surface area (Å²) in [6.07, 6.45) is 0.500. The third-order valence-electron chi connectivity index (χ3n) is 5.84. The number of hydrogen-bond donors (Lipinski definition) is 8. The molecular weight excluding hydrogens is 494 g/mol. The van der Waals surface area contributed by atoms with Gasteiger partial charge in [-0.05, 0) is 42.4 Å². The molecule has 0 heterocycles. The molecule has 13 heteroatoms. The molecule has 0 aliphatic carbocycles. The Hall–Kier alpha value is -3.87. The first-order valence-corrected chi connectivity index (χ1v) is 12.5. The number of carboxylic acids is 1. The van der Waals surface area contributed by atoms with Crippen LogP contribution in [0.25, 0.3) is 0 Å². The Balaban J connectivity index is 3.01. The summed E-state index contributed by atoms with van der Waals surface area (Å²) in [6, 6.07) is 1.71. The number of carbonyl (C=O) groups excluding carboxylic acids is 3. The van der Waals surface area contributed by atoms with Crippen molar-refractivity contribution >= 4 is 29.7 Å². The zero-order chi connectivity index (χ0) is 29.0. The van der Waals surface area contributed by atoms with Crippen molar-refractivity contribution in [2.24, 2.45) is 34.0 Å². The number of amides is 3. The number of nitrogens with two attached hydrogens (primary N) is 3. The van der Waals surface area contributed by atoms with Gasteiger partial charge >= 0.3 is 5.97 Å². The van der Waals surface area contributed by atoms with Gasteiger partial charge in [0.2, 0.25) is 17.7 Å². The third kappa shape index (κ3) is 11.0. The van der Waals surface area contributed by atoms with Crippen LogP contribution in [0.2, 0.25) is 0 Å². The van der Waals surface area contributed by atoms with Crippen LogP contribution in [0.5, 0.6) is 5.75 Å². The molecule has 0 aliphatic heterocycles. The Morgan fingerprint density at radius 1 is 0.868 bits per heavy atom. The molecule has 0 fully saturated rings. The van der Waals surface area contributed by atoms with Crippen LogP contribution in [-0.2, 0) is 25.6 Å². The Morgan fingerprint density at radius 3 is 1.95 bits per heavy atom. The van der Waals surface area contributed by atoms with E-state index in [-0.39, 0.29) is 37.0 Å². The molecule has 11 N–H and O–H groups in total. The SMILES string of the molecule is CC(C)C(N)C(=O)NC(CCCN=C(N)N)C(=O)NC(C(=O)NC(Cc1ccc(O)cc1)C(=O)O)C(C)C. The van der Waals surface area contributed by atoms with E-state index in [1.54, 1.807) is 39.8 Å². The maximum absolute atomic E-state index is 13.2. The standard InChI is InChI=1S/C25H41N7O6/c1-13(2)19(26)22(35)30-17(6-5-11-29-25(27)28)21(34)32-20(14(3)4)23(36)31-18(24(37)38)12-15-7-9-16(33)10-8-15/h7-10,13-14,17-20,33H,5-6,11-12,26H2,1-4H3,(H,30,35)(H,31,36)(H,32,34)(H,37,38)(H4,27,28,29). The monoisotopic (exact) mass is 535 g/mol. The van der Waals surface area contributed by atoms with Crippen molar-refractivity contribution in [1.29, 1.82) is 0 Å². The van der Waals surface area contributed by atoms with E-state index in [0.29, 0.717) is 12.0 Å². The minimum absolute atomic E-state index is 0.0292. The molecule has 13 nitrogen and oxygen atoms in total. The van der Waals surface area contributed by atoms with Crippen molar-refractivity contribution in [2.75, 3.05) is 6.54 Å². The van der Waals surface area contributed by atoms with E-state index in [1.165, 1.54) is 12.1 Å².